The Morgan fingerprint density at radius 1 is 1.06 bits per heavy atom. The number of nitrogens with zero attached hydrogens (tertiary/aromatic N) is 2. The molecule has 3 heterocycles. The van der Waals surface area contributed by atoms with Gasteiger partial charge in [0.15, 0.2) is 11.3 Å². The molecule has 2 aromatic heterocycles. The summed E-state index contributed by atoms with van der Waals surface area (Å²) in [5.41, 5.74) is 4.17. The number of aryl methyl sites for hydroxylation is 3. The highest BCUT2D eigenvalue weighted by Gasteiger charge is 2.51. The molecule has 1 aliphatic rings. The maximum Gasteiger partial charge on any atom is 0.325 e. The van der Waals surface area contributed by atoms with Crippen molar-refractivity contribution in [2.24, 2.45) is 0 Å². The molecule has 0 radical (unpaired) electrons. The molecule has 7 nitrogen and oxygen atoms in total. The number of imide groups is 1. The molecule has 0 spiro atoms. The van der Waals surface area contributed by atoms with Crippen LogP contribution in [0.5, 0.6) is 0 Å². The molecule has 4 rings (SSSR count). The van der Waals surface area contributed by atoms with Crippen LogP contribution in [0, 0.1) is 27.7 Å². The molecule has 1 N–H and O–H groups in total. The minimum Gasteiger partial charge on any atom is -0.466 e. The quantitative estimate of drug-likeness (QED) is 0.501. The van der Waals surface area contributed by atoms with Gasteiger partial charge in [0.05, 0.1) is 12.8 Å². The van der Waals surface area contributed by atoms with Gasteiger partial charge in [-0.25, -0.2) is 4.79 Å². The molecular weight excluding hydrogens is 394 g/mol. The van der Waals surface area contributed by atoms with Gasteiger partial charge in [-0.15, -0.1) is 0 Å². The fourth-order valence-corrected chi connectivity index (χ4v) is 4.11. The van der Waals surface area contributed by atoms with E-state index in [4.69, 9.17) is 4.42 Å². The number of benzene rings is 1. The second-order valence-corrected chi connectivity index (χ2v) is 8.24. The largest absolute Gasteiger partial charge is 0.466 e. The summed E-state index contributed by atoms with van der Waals surface area (Å²) in [6.45, 7) is 9.14. The van der Waals surface area contributed by atoms with Gasteiger partial charge in [0.2, 0.25) is 0 Å². The summed E-state index contributed by atoms with van der Waals surface area (Å²) in [5.74, 6) is -0.479. The van der Waals surface area contributed by atoms with Gasteiger partial charge in [-0.2, -0.15) is 0 Å². The Kier molecular flexibility index (Phi) is 4.84. The Morgan fingerprint density at radius 2 is 1.81 bits per heavy atom. The first-order valence-electron chi connectivity index (χ1n) is 10.1. The average Bonchev–Trinajstić information content (AvgIpc) is 3.40. The molecule has 1 saturated heterocycles. The van der Waals surface area contributed by atoms with Crippen LogP contribution in [-0.2, 0) is 10.3 Å². The van der Waals surface area contributed by atoms with Crippen molar-refractivity contribution in [1.82, 2.24) is 14.8 Å². The van der Waals surface area contributed by atoms with Crippen molar-refractivity contribution < 1.29 is 18.8 Å². The second kappa shape index (κ2) is 7.27. The summed E-state index contributed by atoms with van der Waals surface area (Å²) in [6, 6.07) is 10.6. The van der Waals surface area contributed by atoms with E-state index in [1.807, 2.05) is 37.5 Å². The van der Waals surface area contributed by atoms with Crippen LogP contribution in [0.25, 0.3) is 5.69 Å². The molecular formula is C24H25N3O4. The zero-order chi connectivity index (χ0) is 22.5. The highest BCUT2D eigenvalue weighted by atomic mass is 16.3. The fourth-order valence-electron chi connectivity index (χ4n) is 4.11. The van der Waals surface area contributed by atoms with Crippen molar-refractivity contribution in [3.8, 4) is 5.69 Å². The molecule has 0 saturated carbocycles. The van der Waals surface area contributed by atoms with Gasteiger partial charge in [0, 0.05) is 22.6 Å². The van der Waals surface area contributed by atoms with E-state index in [1.54, 1.807) is 25.1 Å². The molecule has 0 aliphatic carbocycles. The van der Waals surface area contributed by atoms with E-state index in [9.17, 15) is 14.4 Å². The number of urea groups is 1. The first-order chi connectivity index (χ1) is 14.6. The number of hydrogen-bond donors (Lipinski definition) is 1. The maximum atomic E-state index is 13.1. The molecule has 1 aromatic carbocycles. The van der Waals surface area contributed by atoms with Gasteiger partial charge < -0.3 is 14.3 Å². The van der Waals surface area contributed by atoms with Gasteiger partial charge in [0.1, 0.15) is 5.76 Å². The van der Waals surface area contributed by atoms with Gasteiger partial charge in [0.25, 0.3) is 5.91 Å². The lowest BCUT2D eigenvalue weighted by atomic mass is 9.99. The van der Waals surface area contributed by atoms with E-state index in [0.717, 1.165) is 27.5 Å². The highest BCUT2D eigenvalue weighted by Crippen LogP contribution is 2.30. The van der Waals surface area contributed by atoms with E-state index in [0.29, 0.717) is 11.3 Å². The normalized spacial score (nSPS) is 18.5. The summed E-state index contributed by atoms with van der Waals surface area (Å²) in [6.07, 6.45) is 1.44. The number of aromatic nitrogens is 1. The number of Topliss-reactive ketones (excluding diaryl/α,β-unsaturated/α-hetero) is 1. The summed E-state index contributed by atoms with van der Waals surface area (Å²) < 4.78 is 7.34. The first kappa shape index (κ1) is 20.7. The van der Waals surface area contributed by atoms with Crippen molar-refractivity contribution in [2.75, 3.05) is 6.54 Å². The Hall–Kier alpha value is -3.61. The zero-order valence-electron chi connectivity index (χ0n) is 18.3. The number of rotatable bonds is 5. The Labute approximate surface area is 180 Å². The van der Waals surface area contributed by atoms with Gasteiger partial charge in [-0.3, -0.25) is 14.5 Å². The highest BCUT2D eigenvalue weighted by molar-refractivity contribution is 6.11. The van der Waals surface area contributed by atoms with Gasteiger partial charge >= 0.3 is 6.03 Å². The van der Waals surface area contributed by atoms with Gasteiger partial charge in [-0.1, -0.05) is 6.07 Å². The second-order valence-electron chi connectivity index (χ2n) is 8.24. The number of furan rings is 1. The maximum absolute atomic E-state index is 13.1. The van der Waals surface area contributed by atoms with Crippen molar-refractivity contribution >= 4 is 17.7 Å². The van der Waals surface area contributed by atoms with E-state index in [-0.39, 0.29) is 12.3 Å². The van der Waals surface area contributed by atoms with E-state index < -0.39 is 17.5 Å². The first-order valence-corrected chi connectivity index (χ1v) is 10.1. The lowest BCUT2D eigenvalue weighted by Gasteiger charge is -2.18. The Morgan fingerprint density at radius 3 is 2.45 bits per heavy atom. The molecule has 3 amide bonds. The molecule has 0 bridgehead atoms. The molecule has 1 unspecified atom stereocenters. The Bertz CT molecular complexity index is 1210. The topological polar surface area (TPSA) is 84.6 Å². The molecule has 1 fully saturated rings. The van der Waals surface area contributed by atoms with E-state index >= 15 is 0 Å². The predicted molar refractivity (Wildman–Crippen MR) is 115 cm³/mol. The smallest absolute Gasteiger partial charge is 0.325 e. The molecule has 1 atom stereocenters. The number of hydrogen-bond acceptors (Lipinski definition) is 4. The SMILES string of the molecule is Cc1ccc(-n2c(C)cc(C(=O)CN3C(=O)NC(C)(c4ccco4)C3=O)c2C)cc1C. The van der Waals surface area contributed by atoms with Crippen LogP contribution in [0.15, 0.2) is 47.1 Å². The van der Waals surface area contributed by atoms with Crippen LogP contribution < -0.4 is 5.32 Å². The third-order valence-corrected chi connectivity index (χ3v) is 6.07. The van der Waals surface area contributed by atoms with Crippen LogP contribution in [0.2, 0.25) is 0 Å². The third kappa shape index (κ3) is 3.26. The van der Waals surface area contributed by atoms with Crippen LogP contribution in [0.3, 0.4) is 0 Å². The summed E-state index contributed by atoms with van der Waals surface area (Å²) in [4.78, 5) is 39.5. The van der Waals surface area contributed by atoms with Crippen molar-refractivity contribution in [3.63, 3.8) is 0 Å². The van der Waals surface area contributed by atoms with Crippen LogP contribution in [0.4, 0.5) is 4.79 Å². The number of carbonyl (C=O) groups is 3. The molecule has 160 valence electrons. The molecule has 1 aliphatic heterocycles. The summed E-state index contributed by atoms with van der Waals surface area (Å²) in [5, 5.41) is 2.64. The van der Waals surface area contributed by atoms with E-state index in [2.05, 4.69) is 18.3 Å². The standard InChI is InChI=1S/C24H25N3O4/c1-14-8-9-18(11-15(14)2)27-16(3)12-19(17(27)4)20(28)13-26-22(29)24(5,25-23(26)30)21-7-6-10-31-21/h6-12H,13H2,1-5H3,(H,25,30). The minimum absolute atomic E-state index is 0.296. The summed E-state index contributed by atoms with van der Waals surface area (Å²) >= 11 is 0. The van der Waals surface area contributed by atoms with Crippen molar-refractivity contribution in [3.05, 3.63) is 76.5 Å². The fraction of sp³-hybridized carbons (Fsp3) is 0.292. The Balaban J connectivity index is 1.62. The zero-order valence-corrected chi connectivity index (χ0v) is 18.3. The number of carbonyl (C=O) groups excluding carboxylic acids is 3. The number of ketones is 1. The summed E-state index contributed by atoms with van der Waals surface area (Å²) in [7, 11) is 0. The lowest BCUT2D eigenvalue weighted by molar-refractivity contribution is -0.131. The average molecular weight is 419 g/mol. The van der Waals surface area contributed by atoms with E-state index in [1.165, 1.54) is 11.8 Å². The molecule has 3 aromatic rings. The number of amides is 3. The number of nitrogens with one attached hydrogen (secondary N) is 1. The van der Waals surface area contributed by atoms with Crippen LogP contribution >= 0.6 is 0 Å². The lowest BCUT2D eigenvalue weighted by Crippen LogP contribution is -2.41. The van der Waals surface area contributed by atoms with Crippen molar-refractivity contribution in [1.29, 1.82) is 0 Å². The third-order valence-electron chi connectivity index (χ3n) is 6.07. The predicted octanol–water partition coefficient (Wildman–Crippen LogP) is 3.95. The van der Waals surface area contributed by atoms with Crippen LogP contribution in [0.1, 0.15) is 45.6 Å². The molecule has 7 heteroatoms. The minimum atomic E-state index is -1.32. The van der Waals surface area contributed by atoms with Gasteiger partial charge in [-0.05, 0) is 76.1 Å². The van der Waals surface area contributed by atoms with Crippen LogP contribution in [-0.4, -0.2) is 33.7 Å². The monoisotopic (exact) mass is 419 g/mol. The molecule has 31 heavy (non-hydrogen) atoms. The van der Waals surface area contributed by atoms with Crippen molar-refractivity contribution in [2.45, 2.75) is 40.2 Å².